The van der Waals surface area contributed by atoms with E-state index in [-0.39, 0.29) is 5.82 Å². The summed E-state index contributed by atoms with van der Waals surface area (Å²) in [7, 11) is 1.94. The summed E-state index contributed by atoms with van der Waals surface area (Å²) in [5.74, 6) is -0.257. The zero-order chi connectivity index (χ0) is 20.8. The van der Waals surface area contributed by atoms with Crippen LogP contribution in [0.15, 0.2) is 79.1 Å². The lowest BCUT2D eigenvalue weighted by Crippen LogP contribution is -2.07. The molecule has 0 amide bonds. The minimum absolute atomic E-state index is 0.257. The van der Waals surface area contributed by atoms with E-state index < -0.39 is 0 Å². The highest BCUT2D eigenvalue weighted by Crippen LogP contribution is 2.34. The second-order valence-corrected chi connectivity index (χ2v) is 7.13. The van der Waals surface area contributed by atoms with Crippen LogP contribution in [0.5, 0.6) is 0 Å². The second-order valence-electron chi connectivity index (χ2n) is 7.13. The molecule has 0 radical (unpaired) electrons. The van der Waals surface area contributed by atoms with Crippen molar-refractivity contribution < 1.29 is 9.13 Å². The Hall–Kier alpha value is -3.31. The van der Waals surface area contributed by atoms with Crippen molar-refractivity contribution in [2.75, 3.05) is 13.2 Å². The van der Waals surface area contributed by atoms with Crippen molar-refractivity contribution >= 4 is 0 Å². The Kier molecular flexibility index (Phi) is 6.30. The van der Waals surface area contributed by atoms with Gasteiger partial charge in [0.15, 0.2) is 0 Å². The summed E-state index contributed by atoms with van der Waals surface area (Å²) in [5.41, 5.74) is 6.15. The average molecular weight is 401 g/mol. The predicted molar refractivity (Wildman–Crippen MR) is 117 cm³/mol. The normalized spacial score (nSPS) is 11.0. The highest BCUT2D eigenvalue weighted by Gasteiger charge is 2.19. The van der Waals surface area contributed by atoms with Gasteiger partial charge >= 0.3 is 0 Å². The monoisotopic (exact) mass is 401 g/mol. The molecule has 30 heavy (non-hydrogen) atoms. The van der Waals surface area contributed by atoms with Crippen LogP contribution >= 0.6 is 0 Å². The highest BCUT2D eigenvalue weighted by atomic mass is 19.1. The number of hydrogen-bond acceptors (Lipinski definition) is 3. The van der Waals surface area contributed by atoms with E-state index in [2.05, 4.69) is 17.1 Å². The van der Waals surface area contributed by atoms with Crippen molar-refractivity contribution in [2.45, 2.75) is 12.8 Å². The summed E-state index contributed by atoms with van der Waals surface area (Å²) >= 11 is 0. The number of nitrogens with zero attached hydrogens (tertiary/aromatic N) is 3. The molecule has 4 aromatic rings. The molecule has 0 aliphatic heterocycles. The molecule has 0 spiro atoms. The molecule has 0 saturated carbocycles. The highest BCUT2D eigenvalue weighted by molar-refractivity contribution is 5.82. The Morgan fingerprint density at radius 3 is 2.27 bits per heavy atom. The second kappa shape index (κ2) is 9.46. The Labute approximate surface area is 176 Å². The van der Waals surface area contributed by atoms with Gasteiger partial charge in [-0.3, -0.25) is 9.67 Å². The third-order valence-electron chi connectivity index (χ3n) is 5.11. The molecular weight excluding hydrogens is 377 g/mol. The van der Waals surface area contributed by atoms with Gasteiger partial charge in [0.05, 0.1) is 13.2 Å². The van der Waals surface area contributed by atoms with Gasteiger partial charge in [-0.2, -0.15) is 5.10 Å². The lowest BCUT2D eigenvalue weighted by atomic mass is 9.98. The van der Waals surface area contributed by atoms with E-state index in [0.717, 1.165) is 40.9 Å². The first kappa shape index (κ1) is 20.0. The Bertz CT molecular complexity index is 1080. The first-order valence-corrected chi connectivity index (χ1v) is 10.1. The molecule has 2 aromatic carbocycles. The third-order valence-corrected chi connectivity index (χ3v) is 5.11. The largest absolute Gasteiger partial charge is 0.381 e. The van der Waals surface area contributed by atoms with Gasteiger partial charge in [-0.25, -0.2) is 4.39 Å². The molecule has 0 unspecified atom stereocenters. The summed E-state index contributed by atoms with van der Waals surface area (Å²) in [5, 5.41) is 4.75. The molecular formula is C25H24FN3O. The quantitative estimate of drug-likeness (QED) is 0.386. The van der Waals surface area contributed by atoms with E-state index in [1.54, 1.807) is 24.5 Å². The summed E-state index contributed by atoms with van der Waals surface area (Å²) in [4.78, 5) is 4.14. The first-order valence-electron chi connectivity index (χ1n) is 10.1. The third kappa shape index (κ3) is 4.63. The van der Waals surface area contributed by atoms with Crippen molar-refractivity contribution in [1.82, 2.24) is 14.8 Å². The molecule has 2 aromatic heterocycles. The lowest BCUT2D eigenvalue weighted by Gasteiger charge is -2.09. The van der Waals surface area contributed by atoms with Crippen LogP contribution in [0.4, 0.5) is 4.39 Å². The van der Waals surface area contributed by atoms with Gasteiger partial charge in [0.1, 0.15) is 11.5 Å². The molecule has 4 nitrogen and oxygen atoms in total. The van der Waals surface area contributed by atoms with Crippen LogP contribution < -0.4 is 0 Å². The maximum Gasteiger partial charge on any atom is 0.123 e. The van der Waals surface area contributed by atoms with Gasteiger partial charge in [0.2, 0.25) is 0 Å². The molecule has 0 fully saturated rings. The Balaban J connectivity index is 1.54. The summed E-state index contributed by atoms with van der Waals surface area (Å²) in [6.45, 7) is 1.28. The maximum atomic E-state index is 13.4. The number of rotatable bonds is 8. The van der Waals surface area contributed by atoms with Gasteiger partial charge in [-0.1, -0.05) is 30.3 Å². The van der Waals surface area contributed by atoms with E-state index in [1.165, 1.54) is 17.7 Å². The van der Waals surface area contributed by atoms with E-state index in [1.807, 2.05) is 42.1 Å². The minimum Gasteiger partial charge on any atom is -0.381 e. The fraction of sp³-hybridized carbons (Fsp3) is 0.200. The molecule has 5 heteroatoms. The zero-order valence-electron chi connectivity index (χ0n) is 17.0. The van der Waals surface area contributed by atoms with Crippen LogP contribution in [0.2, 0.25) is 0 Å². The van der Waals surface area contributed by atoms with Crippen molar-refractivity contribution in [3.8, 4) is 22.4 Å². The van der Waals surface area contributed by atoms with Crippen molar-refractivity contribution in [1.29, 1.82) is 0 Å². The lowest BCUT2D eigenvalue weighted by molar-refractivity contribution is 0.139. The minimum atomic E-state index is -0.257. The van der Waals surface area contributed by atoms with E-state index in [4.69, 9.17) is 9.84 Å². The topological polar surface area (TPSA) is 39.9 Å². The predicted octanol–water partition coefficient (Wildman–Crippen LogP) is 5.09. The van der Waals surface area contributed by atoms with Crippen LogP contribution in [0.3, 0.4) is 0 Å². The molecule has 0 atom stereocenters. The van der Waals surface area contributed by atoms with Crippen LogP contribution in [0.1, 0.15) is 11.3 Å². The van der Waals surface area contributed by atoms with Gasteiger partial charge in [-0.05, 0) is 53.9 Å². The van der Waals surface area contributed by atoms with Gasteiger partial charge in [0, 0.05) is 42.7 Å². The smallest absolute Gasteiger partial charge is 0.123 e. The molecule has 0 aliphatic rings. The molecule has 2 heterocycles. The maximum absolute atomic E-state index is 13.4. The number of ether oxygens (including phenoxy) is 1. The summed E-state index contributed by atoms with van der Waals surface area (Å²) in [6, 6.07) is 20.7. The Morgan fingerprint density at radius 2 is 1.53 bits per heavy atom. The van der Waals surface area contributed by atoms with Crippen molar-refractivity contribution in [3.05, 3.63) is 96.2 Å². The number of benzene rings is 2. The van der Waals surface area contributed by atoms with Crippen LogP contribution in [0.25, 0.3) is 22.4 Å². The SMILES string of the molecule is Cn1nc(-c2ccc(F)cc2)c(-c2ccncc2)c1CCOCCc1ccccc1. The summed E-state index contributed by atoms with van der Waals surface area (Å²) in [6.07, 6.45) is 5.18. The Morgan fingerprint density at radius 1 is 0.833 bits per heavy atom. The van der Waals surface area contributed by atoms with E-state index in [9.17, 15) is 4.39 Å². The van der Waals surface area contributed by atoms with Crippen molar-refractivity contribution in [3.63, 3.8) is 0 Å². The number of pyridine rings is 1. The van der Waals surface area contributed by atoms with Crippen LogP contribution in [0, 0.1) is 5.82 Å². The van der Waals surface area contributed by atoms with Crippen molar-refractivity contribution in [2.24, 2.45) is 7.05 Å². The number of halogens is 1. The summed E-state index contributed by atoms with van der Waals surface area (Å²) < 4.78 is 21.2. The molecule has 4 rings (SSSR count). The molecule has 0 saturated heterocycles. The average Bonchev–Trinajstić information content (AvgIpc) is 3.11. The molecule has 0 aliphatic carbocycles. The molecule has 0 bridgehead atoms. The van der Waals surface area contributed by atoms with E-state index >= 15 is 0 Å². The number of hydrogen-bond donors (Lipinski definition) is 0. The number of aromatic nitrogens is 3. The van der Waals surface area contributed by atoms with Gasteiger partial charge in [-0.15, -0.1) is 0 Å². The van der Waals surface area contributed by atoms with Crippen LogP contribution in [-0.4, -0.2) is 28.0 Å². The fourth-order valence-corrected chi connectivity index (χ4v) is 3.58. The first-order chi connectivity index (χ1) is 14.7. The van der Waals surface area contributed by atoms with Crippen LogP contribution in [-0.2, 0) is 24.6 Å². The molecule has 0 N–H and O–H groups in total. The fourth-order valence-electron chi connectivity index (χ4n) is 3.58. The van der Waals surface area contributed by atoms with E-state index in [0.29, 0.717) is 13.2 Å². The number of aryl methyl sites for hydroxylation is 1. The standard InChI is InChI=1S/C25H24FN3O/c1-29-23(14-18-30-17-13-19-5-3-2-4-6-19)24(20-11-15-27-16-12-20)25(28-29)21-7-9-22(26)10-8-21/h2-12,15-16H,13-14,17-18H2,1H3. The zero-order valence-corrected chi connectivity index (χ0v) is 17.0. The molecule has 152 valence electrons. The van der Waals surface area contributed by atoms with Gasteiger partial charge in [0.25, 0.3) is 0 Å². The van der Waals surface area contributed by atoms with Gasteiger partial charge < -0.3 is 4.74 Å².